The summed E-state index contributed by atoms with van der Waals surface area (Å²) < 4.78 is 0. The number of β-amino-alcohol motifs (C(OH)–C–C–N with tert-alkyl or cyclic N) is 1. The molecular formula is C22H29N5O3. The highest BCUT2D eigenvalue weighted by molar-refractivity contribution is 6.14. The summed E-state index contributed by atoms with van der Waals surface area (Å²) in [4.78, 5) is 29.1. The second-order valence-electron chi connectivity index (χ2n) is 7.97. The van der Waals surface area contributed by atoms with Crippen LogP contribution in [0.25, 0.3) is 11.0 Å². The maximum atomic E-state index is 12.7. The van der Waals surface area contributed by atoms with Crippen molar-refractivity contribution in [2.45, 2.75) is 18.8 Å². The zero-order valence-corrected chi connectivity index (χ0v) is 17.1. The van der Waals surface area contributed by atoms with Crippen molar-refractivity contribution in [1.29, 1.82) is 0 Å². The number of allylic oxidation sites excluding steroid dienone is 2. The number of H-pyrrole nitrogens is 1. The van der Waals surface area contributed by atoms with Gasteiger partial charge in [-0.25, -0.2) is 4.98 Å². The molecule has 1 atom stereocenters. The van der Waals surface area contributed by atoms with Gasteiger partial charge in [-0.3, -0.25) is 19.6 Å². The Hall–Kier alpha value is -2.55. The summed E-state index contributed by atoms with van der Waals surface area (Å²) >= 11 is 0. The molecular weight excluding hydrogens is 382 g/mol. The lowest BCUT2D eigenvalue weighted by atomic mass is 9.83. The number of hydrogen-bond donors (Lipinski definition) is 3. The van der Waals surface area contributed by atoms with Gasteiger partial charge in [0.15, 0.2) is 5.78 Å². The van der Waals surface area contributed by atoms with E-state index in [2.05, 4.69) is 24.8 Å². The fourth-order valence-corrected chi connectivity index (χ4v) is 4.32. The van der Waals surface area contributed by atoms with Crippen LogP contribution in [-0.2, 0) is 4.79 Å². The number of aliphatic imine (C=N–C) groups is 1. The number of rotatable bonds is 7. The lowest BCUT2D eigenvalue weighted by Gasteiger charge is -2.33. The van der Waals surface area contributed by atoms with E-state index in [4.69, 9.17) is 5.11 Å². The van der Waals surface area contributed by atoms with Crippen LogP contribution in [0.2, 0.25) is 0 Å². The van der Waals surface area contributed by atoms with E-state index in [-0.39, 0.29) is 24.1 Å². The molecule has 0 saturated carbocycles. The molecule has 0 spiro atoms. The van der Waals surface area contributed by atoms with E-state index in [0.717, 1.165) is 55.9 Å². The quantitative estimate of drug-likeness (QED) is 0.597. The first-order chi connectivity index (χ1) is 14.7. The Labute approximate surface area is 175 Å². The van der Waals surface area contributed by atoms with Crippen molar-refractivity contribution in [3.63, 3.8) is 0 Å². The van der Waals surface area contributed by atoms with Crippen LogP contribution in [0, 0.1) is 0 Å². The SMILES string of the molecule is O=C1CC(c2c[nH]c3ncccc23)CC(O)=C1C=NCCN1CCN(CCO)CC1. The normalized spacial score (nSPS) is 21.9. The van der Waals surface area contributed by atoms with Gasteiger partial charge in [0.25, 0.3) is 0 Å². The Morgan fingerprint density at radius 3 is 2.70 bits per heavy atom. The van der Waals surface area contributed by atoms with Gasteiger partial charge in [0, 0.05) is 82.0 Å². The molecule has 1 aliphatic heterocycles. The lowest BCUT2D eigenvalue weighted by Crippen LogP contribution is -2.47. The molecule has 0 radical (unpaired) electrons. The van der Waals surface area contributed by atoms with Crippen LogP contribution in [0.5, 0.6) is 0 Å². The Morgan fingerprint density at radius 2 is 1.97 bits per heavy atom. The average Bonchev–Trinajstić information content (AvgIpc) is 3.18. The molecule has 4 rings (SSSR count). The van der Waals surface area contributed by atoms with Gasteiger partial charge >= 0.3 is 0 Å². The largest absolute Gasteiger partial charge is 0.511 e. The third-order valence-electron chi connectivity index (χ3n) is 6.05. The Morgan fingerprint density at radius 1 is 1.20 bits per heavy atom. The van der Waals surface area contributed by atoms with Crippen molar-refractivity contribution in [2.24, 2.45) is 4.99 Å². The van der Waals surface area contributed by atoms with Crippen LogP contribution in [0.1, 0.15) is 24.3 Å². The van der Waals surface area contributed by atoms with Crippen molar-refractivity contribution in [1.82, 2.24) is 19.8 Å². The zero-order valence-electron chi connectivity index (χ0n) is 17.1. The number of aliphatic hydroxyl groups is 2. The summed E-state index contributed by atoms with van der Waals surface area (Å²) in [7, 11) is 0. The van der Waals surface area contributed by atoms with Gasteiger partial charge in [0.2, 0.25) is 0 Å². The minimum atomic E-state index is -0.0663. The van der Waals surface area contributed by atoms with Crippen LogP contribution < -0.4 is 0 Å². The molecule has 30 heavy (non-hydrogen) atoms. The van der Waals surface area contributed by atoms with E-state index in [1.165, 1.54) is 0 Å². The summed E-state index contributed by atoms with van der Waals surface area (Å²) in [5.41, 5.74) is 2.17. The molecule has 2 aromatic rings. The molecule has 1 aliphatic carbocycles. The van der Waals surface area contributed by atoms with Crippen LogP contribution in [-0.4, -0.2) is 94.4 Å². The molecule has 1 saturated heterocycles. The van der Waals surface area contributed by atoms with Gasteiger partial charge in [0.05, 0.1) is 18.7 Å². The second-order valence-corrected chi connectivity index (χ2v) is 7.97. The molecule has 3 heterocycles. The average molecular weight is 412 g/mol. The zero-order chi connectivity index (χ0) is 20.9. The Kier molecular flexibility index (Phi) is 6.56. The molecule has 2 aromatic heterocycles. The van der Waals surface area contributed by atoms with Crippen LogP contribution >= 0.6 is 0 Å². The molecule has 0 amide bonds. The summed E-state index contributed by atoms with van der Waals surface area (Å²) in [6, 6.07) is 3.87. The number of piperazine rings is 1. The number of Topliss-reactive ketones (excluding diaryl/α,β-unsaturated/α-hetero) is 1. The number of nitrogens with one attached hydrogen (secondary N) is 1. The van der Waals surface area contributed by atoms with E-state index in [0.29, 0.717) is 25.0 Å². The van der Waals surface area contributed by atoms with E-state index in [1.54, 1.807) is 12.4 Å². The number of ketones is 1. The summed E-state index contributed by atoms with van der Waals surface area (Å²) in [5.74, 6) is 0.00188. The number of hydrogen-bond acceptors (Lipinski definition) is 7. The number of fused-ring (bicyclic) bond motifs is 1. The maximum absolute atomic E-state index is 12.7. The molecule has 0 bridgehead atoms. The van der Waals surface area contributed by atoms with Gasteiger partial charge in [-0.1, -0.05) is 0 Å². The number of aromatic nitrogens is 2. The van der Waals surface area contributed by atoms with Crippen LogP contribution in [0.4, 0.5) is 0 Å². The highest BCUT2D eigenvalue weighted by atomic mass is 16.3. The van der Waals surface area contributed by atoms with Gasteiger partial charge in [-0.05, 0) is 17.7 Å². The monoisotopic (exact) mass is 411 g/mol. The van der Waals surface area contributed by atoms with Gasteiger partial charge in [-0.15, -0.1) is 0 Å². The molecule has 3 N–H and O–H groups in total. The third kappa shape index (κ3) is 4.61. The minimum absolute atomic E-state index is 0.0529. The molecule has 0 aromatic carbocycles. The number of aromatic amines is 1. The predicted octanol–water partition coefficient (Wildman–Crippen LogP) is 1.50. The topological polar surface area (TPSA) is 105 Å². The molecule has 1 unspecified atom stereocenters. The lowest BCUT2D eigenvalue weighted by molar-refractivity contribution is -0.116. The first kappa shape index (κ1) is 20.7. The number of carbonyl (C=O) groups is 1. The van der Waals surface area contributed by atoms with Gasteiger partial charge < -0.3 is 15.2 Å². The fourth-order valence-electron chi connectivity index (χ4n) is 4.32. The predicted molar refractivity (Wildman–Crippen MR) is 116 cm³/mol. The van der Waals surface area contributed by atoms with E-state index < -0.39 is 0 Å². The van der Waals surface area contributed by atoms with Gasteiger partial charge in [0.1, 0.15) is 11.4 Å². The smallest absolute Gasteiger partial charge is 0.168 e. The third-order valence-corrected chi connectivity index (χ3v) is 6.05. The molecule has 1 fully saturated rings. The Bertz CT molecular complexity index is 943. The van der Waals surface area contributed by atoms with Gasteiger partial charge in [-0.2, -0.15) is 0 Å². The molecule has 8 heteroatoms. The van der Waals surface area contributed by atoms with Crippen LogP contribution in [0.15, 0.2) is 40.9 Å². The van der Waals surface area contributed by atoms with E-state index >= 15 is 0 Å². The van der Waals surface area contributed by atoms with Crippen LogP contribution in [0.3, 0.4) is 0 Å². The number of aliphatic hydroxyl groups excluding tert-OH is 2. The second kappa shape index (κ2) is 9.51. The van der Waals surface area contributed by atoms with Crippen molar-refractivity contribution < 1.29 is 15.0 Å². The van der Waals surface area contributed by atoms with Crippen molar-refractivity contribution >= 4 is 23.0 Å². The summed E-state index contributed by atoms with van der Waals surface area (Å²) in [6.07, 6.45) is 5.96. The number of pyridine rings is 1. The minimum Gasteiger partial charge on any atom is -0.511 e. The molecule has 2 aliphatic rings. The summed E-state index contributed by atoms with van der Waals surface area (Å²) in [6.45, 7) is 6.21. The number of nitrogens with zero attached hydrogens (tertiary/aromatic N) is 4. The van der Waals surface area contributed by atoms with Crippen molar-refractivity contribution in [3.8, 4) is 0 Å². The summed E-state index contributed by atoms with van der Waals surface area (Å²) in [5, 5.41) is 20.5. The van der Waals surface area contributed by atoms with E-state index in [9.17, 15) is 9.90 Å². The van der Waals surface area contributed by atoms with Crippen molar-refractivity contribution in [2.75, 3.05) is 52.4 Å². The first-order valence-corrected chi connectivity index (χ1v) is 10.6. The van der Waals surface area contributed by atoms with Crippen molar-refractivity contribution in [3.05, 3.63) is 41.4 Å². The van der Waals surface area contributed by atoms with E-state index in [1.807, 2.05) is 18.3 Å². The number of carbonyl (C=O) groups excluding carboxylic acids is 1. The highest BCUT2D eigenvalue weighted by Crippen LogP contribution is 2.36. The highest BCUT2D eigenvalue weighted by Gasteiger charge is 2.29. The fraction of sp³-hybridized carbons (Fsp3) is 0.500. The molecule has 160 valence electrons. The first-order valence-electron chi connectivity index (χ1n) is 10.6. The Balaban J connectivity index is 1.32. The standard InChI is InChI=1S/C22H29N5O3/c28-11-10-27-8-6-26(7-9-27)5-4-23-14-19-20(29)12-16(13-21(19)30)18-15-25-22-17(18)2-1-3-24-22/h1-3,14-16,28-29H,4-13H2,(H,24,25). The molecule has 8 nitrogen and oxygen atoms in total. The maximum Gasteiger partial charge on any atom is 0.168 e.